The molecule has 3 fully saturated rings. The molecule has 61 heavy (non-hydrogen) atoms. The Morgan fingerprint density at radius 3 is 2.08 bits per heavy atom. The molecule has 1 amide bonds. The lowest BCUT2D eigenvalue weighted by Gasteiger charge is -2.17. The minimum Gasteiger partial charge on any atom is -0.384 e. The molecule has 3 aliphatic rings. The largest absolute Gasteiger partial charge is 0.384 e. The molecule has 0 unspecified atom stereocenters. The fourth-order valence-electron chi connectivity index (χ4n) is 8.68. The van der Waals surface area contributed by atoms with Crippen LogP contribution in [-0.2, 0) is 48.0 Å². The number of rotatable bonds is 13. The van der Waals surface area contributed by atoms with E-state index in [-0.39, 0.29) is 58.5 Å². The predicted molar refractivity (Wildman–Crippen MR) is 244 cm³/mol. The number of nitrogens with two attached hydrogens (primary N) is 1. The zero-order valence-electron chi connectivity index (χ0n) is 36.0. The Morgan fingerprint density at radius 1 is 0.770 bits per heavy atom. The second-order valence-electron chi connectivity index (χ2n) is 17.2. The Kier molecular flexibility index (Phi) is 17.5. The highest BCUT2D eigenvalue weighted by molar-refractivity contribution is 9.10. The lowest BCUT2D eigenvalue weighted by molar-refractivity contribution is -0.129. The average Bonchev–Trinajstić information content (AvgIpc) is 3.99. The molecule has 3 saturated carbocycles. The maximum absolute atomic E-state index is 12.9. The third-order valence-electron chi connectivity index (χ3n) is 12.4. The molecule has 0 bridgehead atoms. The van der Waals surface area contributed by atoms with Crippen molar-refractivity contribution in [3.8, 4) is 11.1 Å². The first kappa shape index (κ1) is 47.0. The number of halogens is 1. The number of ketones is 5. The molecule has 0 aliphatic heterocycles. The highest BCUT2D eigenvalue weighted by atomic mass is 79.9. The summed E-state index contributed by atoms with van der Waals surface area (Å²) in [4.78, 5) is 74.1. The van der Waals surface area contributed by atoms with Gasteiger partial charge in [-0.15, -0.1) is 0 Å². The SMILES string of the molecule is CC(=O)[C@@H]1CC(=O)[C@@H](Cc2cccc(Br)c2)C1.CC(=O)[C@H]1CCC(=O)C1.Cc1nc(N)ccc1CCC(=O)[C@H](C)NC(=O)[C@@H]1CC[C@@H](Cc2cccc(-c3ccccc3)c2)C1. The number of pyridine rings is 1. The second kappa shape index (κ2) is 22.7. The van der Waals surface area contributed by atoms with E-state index < -0.39 is 6.04 Å². The van der Waals surface area contributed by atoms with Gasteiger partial charge in [0.05, 0.1) is 6.04 Å². The van der Waals surface area contributed by atoms with E-state index in [4.69, 9.17) is 5.73 Å². The van der Waals surface area contributed by atoms with Crippen LogP contribution in [-0.4, -0.2) is 45.8 Å². The molecule has 6 atom stereocenters. The van der Waals surface area contributed by atoms with Crippen molar-refractivity contribution in [2.75, 3.05) is 5.73 Å². The molecule has 4 aromatic rings. The number of hydrogen-bond acceptors (Lipinski definition) is 8. The summed E-state index contributed by atoms with van der Waals surface area (Å²) in [5.74, 6) is 1.85. The summed E-state index contributed by atoms with van der Waals surface area (Å²) in [6.07, 6.45) is 8.56. The van der Waals surface area contributed by atoms with Gasteiger partial charge in [0.2, 0.25) is 5.91 Å². The Hall–Kier alpha value is -5.09. The zero-order valence-corrected chi connectivity index (χ0v) is 37.5. The van der Waals surface area contributed by atoms with Gasteiger partial charge in [-0.2, -0.15) is 0 Å². The van der Waals surface area contributed by atoms with Crippen molar-refractivity contribution in [2.45, 2.75) is 111 Å². The number of nitrogens with one attached hydrogen (secondary N) is 1. The van der Waals surface area contributed by atoms with E-state index in [1.54, 1.807) is 26.8 Å². The average molecular weight is 891 g/mol. The van der Waals surface area contributed by atoms with Crippen LogP contribution in [0.4, 0.5) is 5.82 Å². The van der Waals surface area contributed by atoms with Gasteiger partial charge in [0.1, 0.15) is 29.0 Å². The number of nitrogen functional groups attached to an aromatic ring is 1. The van der Waals surface area contributed by atoms with E-state index in [1.165, 1.54) is 16.7 Å². The lowest BCUT2D eigenvalue weighted by atomic mass is 9.94. The van der Waals surface area contributed by atoms with Crippen molar-refractivity contribution >= 4 is 56.6 Å². The number of benzene rings is 3. The molecule has 10 heteroatoms. The number of aromatic nitrogens is 1. The van der Waals surface area contributed by atoms with Gasteiger partial charge in [-0.1, -0.05) is 88.7 Å². The smallest absolute Gasteiger partial charge is 0.223 e. The second-order valence-corrected chi connectivity index (χ2v) is 18.1. The molecule has 9 nitrogen and oxygen atoms in total. The van der Waals surface area contributed by atoms with Crippen LogP contribution in [0.15, 0.2) is 95.5 Å². The normalized spacial score (nSPS) is 21.1. The summed E-state index contributed by atoms with van der Waals surface area (Å²) < 4.78 is 1.03. The van der Waals surface area contributed by atoms with Crippen molar-refractivity contribution in [2.24, 2.45) is 29.6 Å². The summed E-state index contributed by atoms with van der Waals surface area (Å²) in [5.41, 5.74) is 12.5. The van der Waals surface area contributed by atoms with Gasteiger partial charge < -0.3 is 11.1 Å². The van der Waals surface area contributed by atoms with Crippen LogP contribution in [0, 0.1) is 36.5 Å². The summed E-state index contributed by atoms with van der Waals surface area (Å²) in [7, 11) is 0. The minimum atomic E-state index is -0.480. The van der Waals surface area contributed by atoms with Crippen LogP contribution in [0.2, 0.25) is 0 Å². The topological polar surface area (TPSA) is 153 Å². The summed E-state index contributed by atoms with van der Waals surface area (Å²) in [6.45, 7) is 6.83. The minimum absolute atomic E-state index is 0.0109. The van der Waals surface area contributed by atoms with Gasteiger partial charge in [0, 0.05) is 59.5 Å². The van der Waals surface area contributed by atoms with Crippen LogP contribution in [0.5, 0.6) is 0 Å². The standard InChI is InChI=1S/C30H35N3O2.C14H15BrO2.C7H10O2/c1-20-24(14-16-29(31)32-20)13-15-28(34)21(2)33-30(35)27-12-11-23(19-27)17-22-7-6-10-26(18-22)25-8-4-3-5-9-25;1-9(16)11-7-12(14(17)8-11)5-10-3-2-4-13(15)6-10;1-5(8)6-2-3-7(9)4-6/h3-10,14,16,18,21,23,27H,11-13,15,17,19H2,1-2H3,(H2,31,32)(H,33,35);2-4,6,11-12H,5,7-8H2,1H3;6H,2-4H2,1H3/t21-,23-,27+;11-,12-;6-/m000/s1. The summed E-state index contributed by atoms with van der Waals surface area (Å²) in [5, 5.41) is 2.97. The number of carbonyl (C=O) groups is 6. The van der Waals surface area contributed by atoms with Gasteiger partial charge in [-0.25, -0.2) is 4.98 Å². The van der Waals surface area contributed by atoms with Gasteiger partial charge in [0.15, 0.2) is 5.78 Å². The van der Waals surface area contributed by atoms with Crippen LogP contribution < -0.4 is 11.1 Å². The molecule has 3 N–H and O–H groups in total. The quantitative estimate of drug-likeness (QED) is 0.135. The number of hydrogen-bond donors (Lipinski definition) is 2. The monoisotopic (exact) mass is 889 g/mol. The van der Waals surface area contributed by atoms with Gasteiger partial charge in [-0.3, -0.25) is 28.8 Å². The Morgan fingerprint density at radius 2 is 1.46 bits per heavy atom. The van der Waals surface area contributed by atoms with E-state index in [0.29, 0.717) is 43.8 Å². The van der Waals surface area contributed by atoms with Crippen LogP contribution in [0.3, 0.4) is 0 Å². The van der Waals surface area contributed by atoms with Gasteiger partial charge in [0.25, 0.3) is 0 Å². The first-order valence-corrected chi connectivity index (χ1v) is 22.4. The molecule has 1 aromatic heterocycles. The molecule has 7 rings (SSSR count). The highest BCUT2D eigenvalue weighted by Gasteiger charge is 2.35. The number of carbonyl (C=O) groups excluding carboxylic acids is 6. The maximum atomic E-state index is 12.9. The number of amides is 1. The maximum Gasteiger partial charge on any atom is 0.223 e. The van der Waals surface area contributed by atoms with E-state index in [0.717, 1.165) is 66.2 Å². The van der Waals surface area contributed by atoms with Crippen molar-refractivity contribution < 1.29 is 28.8 Å². The molecule has 0 saturated heterocycles. The number of aryl methyl sites for hydroxylation is 2. The lowest BCUT2D eigenvalue weighted by Crippen LogP contribution is -2.41. The molecule has 3 aromatic carbocycles. The van der Waals surface area contributed by atoms with Crippen LogP contribution in [0.1, 0.15) is 101 Å². The van der Waals surface area contributed by atoms with E-state index >= 15 is 0 Å². The number of Topliss-reactive ketones (excluding diaryl/α,β-unsaturated/α-hetero) is 5. The summed E-state index contributed by atoms with van der Waals surface area (Å²) >= 11 is 3.42. The van der Waals surface area contributed by atoms with E-state index in [1.807, 2.05) is 43.3 Å². The van der Waals surface area contributed by atoms with Crippen LogP contribution in [0.25, 0.3) is 11.1 Å². The molecule has 1 heterocycles. The van der Waals surface area contributed by atoms with E-state index in [2.05, 4.69) is 74.8 Å². The van der Waals surface area contributed by atoms with Crippen molar-refractivity contribution in [3.63, 3.8) is 0 Å². The number of nitrogens with zero attached hydrogens (tertiary/aromatic N) is 1. The van der Waals surface area contributed by atoms with Gasteiger partial charge in [-0.05, 0) is 131 Å². The predicted octanol–water partition coefficient (Wildman–Crippen LogP) is 9.43. The fourth-order valence-corrected chi connectivity index (χ4v) is 9.13. The number of anilines is 1. The Bertz CT molecular complexity index is 2190. The molecule has 3 aliphatic carbocycles. The van der Waals surface area contributed by atoms with Crippen molar-refractivity contribution in [1.82, 2.24) is 10.3 Å². The molecule has 0 spiro atoms. The zero-order chi connectivity index (χ0) is 44.1. The highest BCUT2D eigenvalue weighted by Crippen LogP contribution is 2.35. The summed E-state index contributed by atoms with van der Waals surface area (Å²) in [6, 6.07) is 30.3. The first-order valence-electron chi connectivity index (χ1n) is 21.6. The Labute approximate surface area is 369 Å². The molecular formula is C51H60BrN3O6. The van der Waals surface area contributed by atoms with Crippen LogP contribution >= 0.6 is 15.9 Å². The van der Waals surface area contributed by atoms with E-state index in [9.17, 15) is 28.8 Å². The first-order chi connectivity index (χ1) is 29.1. The molecular weight excluding hydrogens is 830 g/mol. The molecule has 0 radical (unpaired) electrons. The third kappa shape index (κ3) is 14.5. The third-order valence-corrected chi connectivity index (χ3v) is 12.9. The Balaban J connectivity index is 0.000000221. The van der Waals surface area contributed by atoms with Crippen molar-refractivity contribution in [3.05, 3.63) is 118 Å². The van der Waals surface area contributed by atoms with Crippen molar-refractivity contribution in [1.29, 1.82) is 0 Å². The molecule has 322 valence electrons. The van der Waals surface area contributed by atoms with Gasteiger partial charge >= 0.3 is 0 Å². The fraction of sp³-hybridized carbons (Fsp3) is 0.431.